The fraction of sp³-hybridized carbons (Fsp3) is 0.429. The molecule has 0 radical (unpaired) electrons. The molecule has 3 aliphatic rings. The first-order chi connectivity index (χ1) is 19.1. The summed E-state index contributed by atoms with van der Waals surface area (Å²) >= 11 is 0. The summed E-state index contributed by atoms with van der Waals surface area (Å²) in [5.41, 5.74) is 0.718. The van der Waals surface area contributed by atoms with Crippen LogP contribution in [-0.4, -0.2) is 99.1 Å². The van der Waals surface area contributed by atoms with Gasteiger partial charge in [0.05, 0.1) is 37.5 Å². The molecule has 3 aromatic rings. The number of pyridine rings is 1. The number of fused-ring (bicyclic) bond motifs is 2. The Kier molecular flexibility index (Phi) is 7.47. The Labute approximate surface area is 225 Å². The number of hydrogen-bond donors (Lipinski definition) is 2. The summed E-state index contributed by atoms with van der Waals surface area (Å²) in [5.74, 6) is -0.345. The lowest BCUT2D eigenvalue weighted by atomic mass is 10.1. The lowest BCUT2D eigenvalue weighted by molar-refractivity contribution is 0.0383. The summed E-state index contributed by atoms with van der Waals surface area (Å²) in [6.07, 6.45) is 1.54. The van der Waals surface area contributed by atoms with Gasteiger partial charge in [-0.15, -0.1) is 0 Å². The molecule has 0 aliphatic carbocycles. The number of carbonyl (C=O) groups excluding carboxylic acids is 1. The van der Waals surface area contributed by atoms with Gasteiger partial charge >= 0.3 is 0 Å². The van der Waals surface area contributed by atoms with Gasteiger partial charge in [0.1, 0.15) is 16.8 Å². The Morgan fingerprint density at radius 3 is 2.33 bits per heavy atom. The number of nitrogens with zero attached hydrogens (tertiary/aromatic N) is 3. The molecule has 6 rings (SSSR count). The van der Waals surface area contributed by atoms with Crippen molar-refractivity contribution in [2.45, 2.75) is 0 Å². The highest BCUT2D eigenvalue weighted by Gasteiger charge is 2.28. The number of anilines is 1. The van der Waals surface area contributed by atoms with E-state index in [4.69, 9.17) is 14.2 Å². The minimum absolute atomic E-state index is 0.0421. The summed E-state index contributed by atoms with van der Waals surface area (Å²) in [7, 11) is 0. The monoisotopic (exact) mass is 537 g/mol. The van der Waals surface area contributed by atoms with Crippen LogP contribution in [0.1, 0.15) is 10.4 Å². The summed E-state index contributed by atoms with van der Waals surface area (Å²) < 4.78 is 34.2. The van der Waals surface area contributed by atoms with Crippen molar-refractivity contribution in [1.29, 1.82) is 0 Å². The standard InChI is InChI=1S/C28H32FN5O5/c29-21-17-19-25-27(24(21)30-5-7-32-9-13-37-14-10-32)39-23-4-2-1-3-22(23)34(25)18-20(26(19)35)28(36)31-6-8-33-11-15-38-16-12-33/h1-4,17-18,30H,5-16H2,(H,31,36). The van der Waals surface area contributed by atoms with Crippen molar-refractivity contribution in [3.05, 3.63) is 58.1 Å². The number of benzene rings is 2. The number of rotatable bonds is 8. The van der Waals surface area contributed by atoms with Crippen LogP contribution >= 0.6 is 0 Å². The molecule has 2 N–H and O–H groups in total. The van der Waals surface area contributed by atoms with E-state index < -0.39 is 17.2 Å². The topological polar surface area (TPSA) is 97.3 Å². The summed E-state index contributed by atoms with van der Waals surface area (Å²) in [5, 5.41) is 6.14. The average Bonchev–Trinajstić information content (AvgIpc) is 2.96. The number of amides is 1. The van der Waals surface area contributed by atoms with E-state index in [0.717, 1.165) is 26.2 Å². The molecule has 2 saturated heterocycles. The first-order valence-corrected chi connectivity index (χ1v) is 13.4. The molecule has 0 atom stereocenters. The number of morpholine rings is 2. The van der Waals surface area contributed by atoms with E-state index in [1.165, 1.54) is 12.3 Å². The van der Waals surface area contributed by atoms with Crippen LogP contribution in [-0.2, 0) is 9.47 Å². The van der Waals surface area contributed by atoms with Gasteiger partial charge in [-0.3, -0.25) is 19.4 Å². The molecule has 10 nitrogen and oxygen atoms in total. The van der Waals surface area contributed by atoms with Gasteiger partial charge in [0.25, 0.3) is 5.91 Å². The van der Waals surface area contributed by atoms with E-state index >= 15 is 4.39 Å². The van der Waals surface area contributed by atoms with Crippen molar-refractivity contribution in [2.24, 2.45) is 0 Å². The highest BCUT2D eigenvalue weighted by atomic mass is 19.1. The summed E-state index contributed by atoms with van der Waals surface area (Å²) in [6.45, 7) is 8.24. The van der Waals surface area contributed by atoms with Gasteiger partial charge < -0.3 is 29.4 Å². The van der Waals surface area contributed by atoms with Crippen LogP contribution in [0.15, 0.2) is 41.3 Å². The van der Waals surface area contributed by atoms with Crippen LogP contribution in [0.4, 0.5) is 10.1 Å². The van der Waals surface area contributed by atoms with Crippen molar-refractivity contribution in [1.82, 2.24) is 19.7 Å². The highest BCUT2D eigenvalue weighted by molar-refractivity contribution is 6.01. The molecule has 0 unspecified atom stereocenters. The first kappa shape index (κ1) is 25.8. The smallest absolute Gasteiger partial charge is 0.256 e. The van der Waals surface area contributed by atoms with Crippen LogP contribution in [0.2, 0.25) is 0 Å². The van der Waals surface area contributed by atoms with Crippen molar-refractivity contribution < 1.29 is 23.4 Å². The zero-order chi connectivity index (χ0) is 26.8. The first-order valence-electron chi connectivity index (χ1n) is 13.4. The van der Waals surface area contributed by atoms with E-state index in [1.807, 2.05) is 18.2 Å². The van der Waals surface area contributed by atoms with Gasteiger partial charge in [0.15, 0.2) is 17.3 Å². The molecule has 39 heavy (non-hydrogen) atoms. The second-order valence-corrected chi connectivity index (χ2v) is 9.86. The minimum atomic E-state index is -0.604. The average molecular weight is 538 g/mol. The molecule has 2 fully saturated rings. The van der Waals surface area contributed by atoms with Crippen LogP contribution in [0, 0.1) is 5.82 Å². The fourth-order valence-electron chi connectivity index (χ4n) is 5.31. The third-order valence-electron chi connectivity index (χ3n) is 7.43. The van der Waals surface area contributed by atoms with Crippen molar-refractivity contribution in [3.8, 4) is 17.2 Å². The zero-order valence-corrected chi connectivity index (χ0v) is 21.7. The minimum Gasteiger partial charge on any atom is -0.451 e. The molecule has 1 aromatic heterocycles. The predicted molar refractivity (Wildman–Crippen MR) is 145 cm³/mol. The molecule has 0 spiro atoms. The number of carbonyl (C=O) groups is 1. The Bertz CT molecular complexity index is 1430. The molecular weight excluding hydrogens is 505 g/mol. The van der Waals surface area contributed by atoms with Crippen molar-refractivity contribution in [3.63, 3.8) is 0 Å². The molecular formula is C28H32FN5O5. The van der Waals surface area contributed by atoms with Gasteiger partial charge in [0, 0.05) is 58.6 Å². The van der Waals surface area contributed by atoms with E-state index in [9.17, 15) is 9.59 Å². The Balaban J connectivity index is 1.32. The van der Waals surface area contributed by atoms with Crippen LogP contribution < -0.4 is 20.8 Å². The molecule has 206 valence electrons. The number of hydrogen-bond acceptors (Lipinski definition) is 8. The third kappa shape index (κ3) is 5.22. The van der Waals surface area contributed by atoms with Gasteiger partial charge in [-0.1, -0.05) is 12.1 Å². The van der Waals surface area contributed by atoms with Gasteiger partial charge in [-0.25, -0.2) is 4.39 Å². The fourth-order valence-corrected chi connectivity index (χ4v) is 5.31. The third-order valence-corrected chi connectivity index (χ3v) is 7.43. The van der Waals surface area contributed by atoms with Gasteiger partial charge in [-0.2, -0.15) is 0 Å². The van der Waals surface area contributed by atoms with E-state index in [1.54, 1.807) is 10.6 Å². The van der Waals surface area contributed by atoms with E-state index in [0.29, 0.717) is 69.6 Å². The molecule has 11 heteroatoms. The maximum atomic E-state index is 15.5. The predicted octanol–water partition coefficient (Wildman–Crippen LogP) is 2.04. The second-order valence-electron chi connectivity index (χ2n) is 9.86. The van der Waals surface area contributed by atoms with Crippen LogP contribution in [0.5, 0.6) is 11.5 Å². The number of aromatic nitrogens is 1. The highest BCUT2D eigenvalue weighted by Crippen LogP contribution is 2.44. The molecule has 1 amide bonds. The van der Waals surface area contributed by atoms with Crippen LogP contribution in [0.3, 0.4) is 0 Å². The lowest BCUT2D eigenvalue weighted by Crippen LogP contribution is -2.42. The summed E-state index contributed by atoms with van der Waals surface area (Å²) in [6, 6.07) is 8.51. The van der Waals surface area contributed by atoms with Gasteiger partial charge in [0.2, 0.25) is 5.43 Å². The molecule has 4 heterocycles. The molecule has 0 saturated carbocycles. The lowest BCUT2D eigenvalue weighted by Gasteiger charge is -2.28. The van der Waals surface area contributed by atoms with Crippen molar-refractivity contribution >= 4 is 22.5 Å². The molecule has 0 bridgehead atoms. The molecule has 2 aromatic carbocycles. The largest absolute Gasteiger partial charge is 0.451 e. The number of ether oxygens (including phenoxy) is 3. The number of halogens is 1. The van der Waals surface area contributed by atoms with Crippen molar-refractivity contribution in [2.75, 3.05) is 84.1 Å². The summed E-state index contributed by atoms with van der Waals surface area (Å²) in [4.78, 5) is 31.1. The number of para-hydroxylation sites is 2. The Hall–Kier alpha value is -3.51. The quantitative estimate of drug-likeness (QED) is 0.353. The Morgan fingerprint density at radius 2 is 1.62 bits per heavy atom. The normalized spacial score (nSPS) is 17.5. The molecule has 3 aliphatic heterocycles. The van der Waals surface area contributed by atoms with E-state index in [-0.39, 0.29) is 22.4 Å². The van der Waals surface area contributed by atoms with Gasteiger partial charge in [-0.05, 0) is 18.2 Å². The SMILES string of the molecule is O=C(NCCN1CCOCC1)c1cn2c3c(c(NCCN4CCOCC4)c(F)cc3c1=O)Oc1ccccc1-2. The van der Waals surface area contributed by atoms with Crippen LogP contribution in [0.25, 0.3) is 16.6 Å². The van der Waals surface area contributed by atoms with E-state index in [2.05, 4.69) is 20.4 Å². The maximum Gasteiger partial charge on any atom is 0.256 e. The number of nitrogens with one attached hydrogen (secondary N) is 2. The Morgan fingerprint density at radius 1 is 0.949 bits per heavy atom. The maximum absolute atomic E-state index is 15.5. The zero-order valence-electron chi connectivity index (χ0n) is 21.7. The second kappa shape index (κ2) is 11.3.